The quantitative estimate of drug-likeness (QED) is 0.207. The zero-order valence-corrected chi connectivity index (χ0v) is 23.3. The number of imidazole rings is 1. The number of amides is 1. The van der Waals surface area contributed by atoms with Crippen molar-refractivity contribution in [2.75, 3.05) is 24.7 Å². The largest absolute Gasteiger partial charge is 0.494 e. The average Bonchev–Trinajstić information content (AvgIpc) is 3.53. The molecule has 41 heavy (non-hydrogen) atoms. The van der Waals surface area contributed by atoms with Crippen LogP contribution in [0.25, 0.3) is 15.9 Å². The van der Waals surface area contributed by atoms with E-state index in [-0.39, 0.29) is 11.5 Å². The van der Waals surface area contributed by atoms with Gasteiger partial charge in [-0.05, 0) is 62.4 Å². The van der Waals surface area contributed by atoms with Gasteiger partial charge in [0.25, 0.3) is 0 Å². The third kappa shape index (κ3) is 5.63. The molecule has 2 heterocycles. The van der Waals surface area contributed by atoms with Crippen molar-refractivity contribution in [2.45, 2.75) is 51.4 Å². The van der Waals surface area contributed by atoms with Gasteiger partial charge in [0.1, 0.15) is 11.4 Å². The number of nitrogens with zero attached hydrogens (tertiary/aromatic N) is 4. The molecule has 0 N–H and O–H groups in total. The maximum atomic E-state index is 13.3. The van der Waals surface area contributed by atoms with Crippen LogP contribution in [-0.4, -0.2) is 41.0 Å². The minimum atomic E-state index is -0.620. The van der Waals surface area contributed by atoms with Crippen molar-refractivity contribution in [2.24, 2.45) is 5.41 Å². The number of fused-ring (bicyclic) bond motifs is 1. The van der Waals surface area contributed by atoms with E-state index in [1.165, 1.54) is 0 Å². The molecule has 8 heteroatoms. The van der Waals surface area contributed by atoms with Crippen molar-refractivity contribution in [1.29, 1.82) is 0 Å². The Balaban J connectivity index is 1.29. The molecule has 1 aliphatic heterocycles. The fourth-order valence-corrected chi connectivity index (χ4v) is 6.46. The van der Waals surface area contributed by atoms with Crippen molar-refractivity contribution >= 4 is 28.5 Å². The second kappa shape index (κ2) is 11.3. The lowest BCUT2D eigenvalue weighted by Gasteiger charge is -2.45. The number of aromatic nitrogens is 2. The summed E-state index contributed by atoms with van der Waals surface area (Å²) < 4.78 is 20.5. The summed E-state index contributed by atoms with van der Waals surface area (Å²) in [6, 6.07) is 23.4. The third-order valence-corrected chi connectivity index (χ3v) is 8.21. The molecule has 6 rings (SSSR count). The molecule has 1 amide bonds. The van der Waals surface area contributed by atoms with Crippen LogP contribution in [-0.2, 0) is 22.6 Å². The predicted molar refractivity (Wildman–Crippen MR) is 157 cm³/mol. The Hall–Kier alpha value is -4.35. The highest BCUT2D eigenvalue weighted by molar-refractivity contribution is 5.90. The topological polar surface area (TPSA) is 70.2 Å². The summed E-state index contributed by atoms with van der Waals surface area (Å²) in [6.07, 6.45) is 4.84. The Bertz CT molecular complexity index is 1580. The van der Waals surface area contributed by atoms with Crippen LogP contribution < -0.4 is 9.64 Å². The summed E-state index contributed by atoms with van der Waals surface area (Å²) in [6.45, 7) is 12.1. The van der Waals surface area contributed by atoms with E-state index in [4.69, 9.17) is 20.8 Å². The van der Waals surface area contributed by atoms with Crippen molar-refractivity contribution in [3.05, 3.63) is 96.1 Å². The van der Waals surface area contributed by atoms with Crippen LogP contribution in [0.2, 0.25) is 0 Å². The number of carbonyl (C=O) groups excluding carboxylic acids is 1. The Labute approximate surface area is 240 Å². The summed E-state index contributed by atoms with van der Waals surface area (Å²) in [5.41, 5.74) is 3.36. The maximum absolute atomic E-state index is 13.3. The minimum absolute atomic E-state index is 0.293. The van der Waals surface area contributed by atoms with E-state index in [0.29, 0.717) is 45.0 Å². The van der Waals surface area contributed by atoms with Crippen LogP contribution in [0.15, 0.2) is 79.1 Å². The fraction of sp³-hybridized carbons (Fsp3) is 0.364. The number of rotatable bonds is 9. The number of anilines is 1. The first kappa shape index (κ1) is 26.9. The van der Waals surface area contributed by atoms with Gasteiger partial charge >= 0.3 is 6.09 Å². The Morgan fingerprint density at radius 2 is 1.95 bits per heavy atom. The van der Waals surface area contributed by atoms with Gasteiger partial charge < -0.3 is 18.8 Å². The summed E-state index contributed by atoms with van der Waals surface area (Å²) in [5, 5.41) is 0. The van der Waals surface area contributed by atoms with Crippen LogP contribution in [0.4, 0.5) is 16.2 Å². The minimum Gasteiger partial charge on any atom is -0.494 e. The molecule has 1 spiro atoms. The van der Waals surface area contributed by atoms with Gasteiger partial charge in [-0.25, -0.2) is 14.6 Å². The summed E-state index contributed by atoms with van der Waals surface area (Å²) in [7, 11) is 0. The highest BCUT2D eigenvalue weighted by Crippen LogP contribution is 2.48. The molecule has 1 saturated carbocycles. The summed E-state index contributed by atoms with van der Waals surface area (Å²) in [4.78, 5) is 23.2. The van der Waals surface area contributed by atoms with E-state index in [0.717, 1.165) is 47.3 Å². The number of benzene rings is 3. The molecule has 1 unspecified atom stereocenters. The van der Waals surface area contributed by atoms with Gasteiger partial charge in [-0.1, -0.05) is 42.5 Å². The van der Waals surface area contributed by atoms with E-state index in [1.54, 1.807) is 11.0 Å². The maximum Gasteiger partial charge on any atom is 0.415 e. The lowest BCUT2D eigenvalue weighted by molar-refractivity contribution is -0.0726. The van der Waals surface area contributed by atoms with Crippen LogP contribution in [0.5, 0.6) is 5.75 Å². The first-order valence-electron chi connectivity index (χ1n) is 14.2. The third-order valence-electron chi connectivity index (χ3n) is 8.21. The van der Waals surface area contributed by atoms with E-state index < -0.39 is 5.60 Å². The zero-order valence-electron chi connectivity index (χ0n) is 23.3. The molecule has 2 fully saturated rings. The lowest BCUT2D eigenvalue weighted by atomic mass is 9.67. The zero-order chi connectivity index (χ0) is 28.3. The van der Waals surface area contributed by atoms with E-state index in [1.807, 2.05) is 67.8 Å². The molecule has 8 nitrogen and oxygen atoms in total. The first-order valence-corrected chi connectivity index (χ1v) is 14.2. The van der Waals surface area contributed by atoms with Crippen molar-refractivity contribution in [1.82, 2.24) is 9.55 Å². The lowest BCUT2D eigenvalue weighted by Crippen LogP contribution is -2.48. The van der Waals surface area contributed by atoms with Crippen LogP contribution in [0.3, 0.4) is 0 Å². The second-order valence-electron chi connectivity index (χ2n) is 11.2. The highest BCUT2D eigenvalue weighted by Gasteiger charge is 2.53. The second-order valence-corrected chi connectivity index (χ2v) is 11.2. The van der Waals surface area contributed by atoms with Gasteiger partial charge in [0.2, 0.25) is 0 Å². The van der Waals surface area contributed by atoms with Gasteiger partial charge in [0.05, 0.1) is 56.0 Å². The Morgan fingerprint density at radius 3 is 2.78 bits per heavy atom. The molecule has 4 aromatic rings. The van der Waals surface area contributed by atoms with E-state index in [9.17, 15) is 4.79 Å². The van der Waals surface area contributed by atoms with Crippen LogP contribution >= 0.6 is 0 Å². The smallest absolute Gasteiger partial charge is 0.415 e. The summed E-state index contributed by atoms with van der Waals surface area (Å²) in [5.74, 6) is 0.733. The summed E-state index contributed by atoms with van der Waals surface area (Å²) >= 11 is 0. The van der Waals surface area contributed by atoms with Crippen molar-refractivity contribution in [3.8, 4) is 5.75 Å². The van der Waals surface area contributed by atoms with Gasteiger partial charge in [-0.15, -0.1) is 0 Å². The number of carbonyl (C=O) groups is 1. The molecule has 1 saturated heterocycles. The van der Waals surface area contributed by atoms with E-state index >= 15 is 0 Å². The SMILES string of the molecule is [C-]#[N+]c1ccc2ncn(C[C@@]3(COCc4ccccc4)CCCC4(CN(c5cccc(OCC)c5)C(=O)O4)C3)c2c1. The number of hydrogen-bond acceptors (Lipinski definition) is 5. The average molecular weight is 551 g/mol. The van der Waals surface area contributed by atoms with Crippen LogP contribution in [0.1, 0.15) is 38.2 Å². The van der Waals surface area contributed by atoms with E-state index in [2.05, 4.69) is 26.5 Å². The molecule has 1 aromatic heterocycles. The number of ether oxygens (including phenoxy) is 3. The number of hydrogen-bond donors (Lipinski definition) is 0. The fourth-order valence-electron chi connectivity index (χ4n) is 6.46. The predicted octanol–water partition coefficient (Wildman–Crippen LogP) is 7.16. The molecule has 0 radical (unpaired) electrons. The molecular weight excluding hydrogens is 516 g/mol. The Kier molecular flexibility index (Phi) is 7.38. The molecule has 0 bridgehead atoms. The molecular formula is C33H34N4O4. The van der Waals surface area contributed by atoms with Crippen LogP contribution in [0, 0.1) is 12.0 Å². The van der Waals surface area contributed by atoms with Gasteiger partial charge in [-0.3, -0.25) is 4.90 Å². The first-order chi connectivity index (χ1) is 20.0. The molecule has 210 valence electrons. The van der Waals surface area contributed by atoms with Crippen molar-refractivity contribution in [3.63, 3.8) is 0 Å². The highest BCUT2D eigenvalue weighted by atomic mass is 16.6. The normalized spacial score (nSPS) is 22.1. The Morgan fingerprint density at radius 1 is 1.07 bits per heavy atom. The van der Waals surface area contributed by atoms with Gasteiger partial charge in [0.15, 0.2) is 5.69 Å². The van der Waals surface area contributed by atoms with Crippen molar-refractivity contribution < 1.29 is 19.0 Å². The molecule has 2 atom stereocenters. The monoisotopic (exact) mass is 550 g/mol. The standard InChI is InChI=1S/C33H34N4O4/c1-3-40-28-12-7-11-27(18-28)37-22-33(41-31(37)38)16-8-15-32(20-33,23-39-19-25-9-5-4-6-10-25)21-36-24-35-29-14-13-26(34-2)17-30(29)36/h4-7,9-14,17-18,24H,3,8,15-16,19-23H2,1H3/t32-,33?/m1/s1. The molecule has 3 aromatic carbocycles. The van der Waals surface area contributed by atoms with Gasteiger partial charge in [0, 0.05) is 18.0 Å². The molecule has 2 aliphatic rings. The van der Waals surface area contributed by atoms with Gasteiger partial charge in [-0.2, -0.15) is 0 Å². The molecule has 1 aliphatic carbocycles.